The van der Waals surface area contributed by atoms with E-state index in [0.29, 0.717) is 6.04 Å². The van der Waals surface area contributed by atoms with E-state index in [4.69, 9.17) is 5.73 Å². The first kappa shape index (κ1) is 11.8. The number of nitrogens with two attached hydrogens (primary N) is 1. The Labute approximate surface area is 106 Å². The molecule has 88 valence electrons. The third kappa shape index (κ3) is 2.70. The Morgan fingerprint density at radius 3 is 2.69 bits per heavy atom. The van der Waals surface area contributed by atoms with Crippen molar-refractivity contribution in [2.75, 3.05) is 11.4 Å². The molecule has 1 aromatic rings. The highest BCUT2D eigenvalue weighted by molar-refractivity contribution is 9.11. The van der Waals surface area contributed by atoms with Crippen LogP contribution in [-0.4, -0.2) is 28.7 Å². The average molecular weight is 305 g/mol. The normalized spacial score (nSPS) is 16.6. The highest BCUT2D eigenvalue weighted by Gasteiger charge is 2.26. The minimum Gasteiger partial charge on any atom is -0.368 e. The van der Waals surface area contributed by atoms with Crippen LogP contribution in [0.2, 0.25) is 0 Å². The van der Waals surface area contributed by atoms with Gasteiger partial charge in [-0.05, 0) is 28.8 Å². The van der Waals surface area contributed by atoms with Gasteiger partial charge in [-0.15, -0.1) is 10.2 Å². The second-order valence-electron chi connectivity index (χ2n) is 3.87. The van der Waals surface area contributed by atoms with Crippen LogP contribution in [0.5, 0.6) is 0 Å². The van der Waals surface area contributed by atoms with Crippen molar-refractivity contribution in [1.29, 1.82) is 0 Å². The van der Waals surface area contributed by atoms with Gasteiger partial charge in [0.15, 0.2) is 3.92 Å². The molecule has 0 radical (unpaired) electrons. The second-order valence-corrected chi connectivity index (χ2v) is 6.10. The van der Waals surface area contributed by atoms with Crippen molar-refractivity contribution >= 4 is 38.3 Å². The first-order chi connectivity index (χ1) is 7.66. The average Bonchev–Trinajstić information content (AvgIpc) is 2.84. The lowest BCUT2D eigenvalue weighted by atomic mass is 10.2. The first-order valence-electron chi connectivity index (χ1n) is 5.21. The Hall–Kier alpha value is -0.690. The van der Waals surface area contributed by atoms with Gasteiger partial charge in [0.2, 0.25) is 11.0 Å². The van der Waals surface area contributed by atoms with Crippen LogP contribution >= 0.6 is 27.3 Å². The van der Waals surface area contributed by atoms with Crippen LogP contribution in [0.3, 0.4) is 0 Å². The number of hydrogen-bond donors (Lipinski definition) is 1. The molecule has 0 aliphatic heterocycles. The number of anilines is 1. The molecular weight excluding hydrogens is 292 g/mol. The van der Waals surface area contributed by atoms with Crippen molar-refractivity contribution in [3.63, 3.8) is 0 Å². The lowest BCUT2D eigenvalue weighted by Gasteiger charge is -2.26. The zero-order valence-electron chi connectivity index (χ0n) is 8.73. The fraction of sp³-hybridized carbons (Fsp3) is 0.667. The predicted molar refractivity (Wildman–Crippen MR) is 66.4 cm³/mol. The Balaban J connectivity index is 2.16. The maximum Gasteiger partial charge on any atom is 0.237 e. The summed E-state index contributed by atoms with van der Waals surface area (Å²) in [6, 6.07) is 0.382. The molecule has 0 saturated heterocycles. The summed E-state index contributed by atoms with van der Waals surface area (Å²) in [6.07, 6.45) is 4.62. The zero-order chi connectivity index (χ0) is 11.5. The van der Waals surface area contributed by atoms with Crippen molar-refractivity contribution in [2.45, 2.75) is 31.7 Å². The fourth-order valence-electron chi connectivity index (χ4n) is 2.05. The molecule has 1 aliphatic rings. The number of carbonyl (C=O) groups excluding carboxylic acids is 1. The number of amides is 1. The minimum absolute atomic E-state index is 0.228. The lowest BCUT2D eigenvalue weighted by molar-refractivity contribution is -0.116. The molecule has 2 rings (SSSR count). The van der Waals surface area contributed by atoms with E-state index in [0.717, 1.165) is 21.9 Å². The summed E-state index contributed by atoms with van der Waals surface area (Å²) < 4.78 is 0.731. The van der Waals surface area contributed by atoms with Crippen LogP contribution in [0.1, 0.15) is 25.7 Å². The van der Waals surface area contributed by atoms with Crippen LogP contribution in [-0.2, 0) is 4.79 Å². The van der Waals surface area contributed by atoms with Gasteiger partial charge in [-0.3, -0.25) is 4.79 Å². The summed E-state index contributed by atoms with van der Waals surface area (Å²) in [4.78, 5) is 13.1. The predicted octanol–water partition coefficient (Wildman–Crippen LogP) is 1.53. The molecule has 0 unspecified atom stereocenters. The van der Waals surface area contributed by atoms with E-state index in [2.05, 4.69) is 26.1 Å². The second kappa shape index (κ2) is 5.09. The van der Waals surface area contributed by atoms with Gasteiger partial charge in [0.05, 0.1) is 6.54 Å². The molecule has 16 heavy (non-hydrogen) atoms. The summed E-state index contributed by atoms with van der Waals surface area (Å²) in [5, 5.41) is 8.74. The number of primary amides is 1. The smallest absolute Gasteiger partial charge is 0.237 e. The fourth-order valence-corrected chi connectivity index (χ4v) is 3.21. The molecule has 1 amide bonds. The Bertz CT molecular complexity index is 377. The Kier molecular flexibility index (Phi) is 3.75. The van der Waals surface area contributed by atoms with E-state index in [1.807, 2.05) is 4.90 Å². The van der Waals surface area contributed by atoms with Crippen molar-refractivity contribution in [3.8, 4) is 0 Å². The quantitative estimate of drug-likeness (QED) is 0.916. The number of hydrogen-bond acceptors (Lipinski definition) is 5. The molecule has 5 nitrogen and oxygen atoms in total. The van der Waals surface area contributed by atoms with Gasteiger partial charge in [-0.2, -0.15) is 0 Å². The topological polar surface area (TPSA) is 72.1 Å². The molecule has 1 heterocycles. The standard InChI is InChI=1S/C9H13BrN4OS/c10-8-12-13-9(16-8)14(5-7(11)15)6-3-1-2-4-6/h6H,1-5H2,(H2,11,15). The van der Waals surface area contributed by atoms with E-state index < -0.39 is 0 Å². The summed E-state index contributed by atoms with van der Waals surface area (Å²) in [5.74, 6) is -0.321. The number of aromatic nitrogens is 2. The minimum atomic E-state index is -0.321. The molecule has 2 N–H and O–H groups in total. The molecule has 1 aliphatic carbocycles. The molecule has 1 aromatic heterocycles. The van der Waals surface area contributed by atoms with Gasteiger partial charge >= 0.3 is 0 Å². The van der Waals surface area contributed by atoms with Crippen molar-refractivity contribution in [3.05, 3.63) is 3.92 Å². The van der Waals surface area contributed by atoms with E-state index in [1.165, 1.54) is 24.2 Å². The monoisotopic (exact) mass is 304 g/mol. The summed E-state index contributed by atoms with van der Waals surface area (Å²) >= 11 is 4.71. The van der Waals surface area contributed by atoms with Gasteiger partial charge in [0.25, 0.3) is 0 Å². The molecule has 7 heteroatoms. The number of carbonyl (C=O) groups is 1. The zero-order valence-corrected chi connectivity index (χ0v) is 11.1. The van der Waals surface area contributed by atoms with E-state index >= 15 is 0 Å². The van der Waals surface area contributed by atoms with Gasteiger partial charge in [-0.25, -0.2) is 0 Å². The number of nitrogens with zero attached hydrogens (tertiary/aromatic N) is 3. The lowest BCUT2D eigenvalue weighted by Crippen LogP contribution is -2.40. The summed E-state index contributed by atoms with van der Waals surface area (Å²) in [5.41, 5.74) is 5.27. The molecule has 0 spiro atoms. The van der Waals surface area contributed by atoms with Crippen LogP contribution in [0.25, 0.3) is 0 Å². The molecule has 0 aromatic carbocycles. The Morgan fingerprint density at radius 1 is 1.50 bits per heavy atom. The van der Waals surface area contributed by atoms with Crippen molar-refractivity contribution in [1.82, 2.24) is 10.2 Å². The highest BCUT2D eigenvalue weighted by Crippen LogP contribution is 2.31. The van der Waals surface area contributed by atoms with Crippen LogP contribution in [0.4, 0.5) is 5.13 Å². The maximum absolute atomic E-state index is 11.1. The maximum atomic E-state index is 11.1. The van der Waals surface area contributed by atoms with Crippen molar-refractivity contribution in [2.24, 2.45) is 5.73 Å². The van der Waals surface area contributed by atoms with E-state index in [9.17, 15) is 4.79 Å². The molecule has 0 bridgehead atoms. The molecular formula is C9H13BrN4OS. The van der Waals surface area contributed by atoms with Crippen LogP contribution < -0.4 is 10.6 Å². The third-order valence-corrected chi connectivity index (χ3v) is 4.12. The molecule has 0 atom stereocenters. The van der Waals surface area contributed by atoms with Gasteiger partial charge in [0, 0.05) is 6.04 Å². The van der Waals surface area contributed by atoms with E-state index in [-0.39, 0.29) is 12.5 Å². The van der Waals surface area contributed by atoms with Gasteiger partial charge in [-0.1, -0.05) is 24.2 Å². The first-order valence-corrected chi connectivity index (χ1v) is 6.81. The number of halogens is 1. The van der Waals surface area contributed by atoms with Crippen LogP contribution in [0, 0.1) is 0 Å². The Morgan fingerprint density at radius 2 is 2.19 bits per heavy atom. The SMILES string of the molecule is NC(=O)CN(c1nnc(Br)s1)C1CCCC1. The summed E-state index contributed by atoms with van der Waals surface area (Å²) in [7, 11) is 0. The summed E-state index contributed by atoms with van der Waals surface area (Å²) in [6.45, 7) is 0.228. The van der Waals surface area contributed by atoms with Crippen molar-refractivity contribution < 1.29 is 4.79 Å². The van der Waals surface area contributed by atoms with Gasteiger partial charge in [0.1, 0.15) is 0 Å². The largest absolute Gasteiger partial charge is 0.368 e. The molecule has 1 saturated carbocycles. The highest BCUT2D eigenvalue weighted by atomic mass is 79.9. The molecule has 1 fully saturated rings. The van der Waals surface area contributed by atoms with Crippen LogP contribution in [0.15, 0.2) is 3.92 Å². The van der Waals surface area contributed by atoms with Gasteiger partial charge < -0.3 is 10.6 Å². The van der Waals surface area contributed by atoms with E-state index in [1.54, 1.807) is 0 Å². The number of rotatable bonds is 4. The third-order valence-electron chi connectivity index (χ3n) is 2.73.